The Morgan fingerprint density at radius 3 is 2.26 bits per heavy atom. The Balaban J connectivity index is 2.28. The zero-order valence-corrected chi connectivity index (χ0v) is 10.8. The van der Waals surface area contributed by atoms with E-state index in [4.69, 9.17) is 4.74 Å². The Morgan fingerprint density at radius 1 is 1.00 bits per heavy atom. The first-order valence-corrected chi connectivity index (χ1v) is 5.97. The first-order chi connectivity index (χ1) is 9.13. The van der Waals surface area contributed by atoms with Gasteiger partial charge in [0, 0.05) is 5.56 Å². The third-order valence-electron chi connectivity index (χ3n) is 2.91. The number of rotatable bonds is 4. The third-order valence-corrected chi connectivity index (χ3v) is 2.91. The molecule has 0 bridgehead atoms. The SMILES string of the molecule is COc1ccccc1NC(C)c1c(F)cccc1F. The lowest BCUT2D eigenvalue weighted by Gasteiger charge is -2.18. The molecular weight excluding hydrogens is 248 g/mol. The Morgan fingerprint density at radius 2 is 1.63 bits per heavy atom. The number of anilines is 1. The van der Waals surface area contributed by atoms with Gasteiger partial charge in [-0.1, -0.05) is 18.2 Å². The number of ether oxygens (including phenoxy) is 1. The largest absolute Gasteiger partial charge is 0.495 e. The number of methoxy groups -OCH3 is 1. The van der Waals surface area contributed by atoms with Crippen LogP contribution in [0.5, 0.6) is 5.75 Å². The van der Waals surface area contributed by atoms with Crippen molar-refractivity contribution in [3.05, 3.63) is 59.7 Å². The minimum absolute atomic E-state index is 0.0217. The molecule has 2 aromatic carbocycles. The molecule has 100 valence electrons. The summed E-state index contributed by atoms with van der Waals surface area (Å²) >= 11 is 0. The van der Waals surface area contributed by atoms with E-state index in [1.165, 1.54) is 18.2 Å². The first kappa shape index (κ1) is 13.3. The number of hydrogen-bond acceptors (Lipinski definition) is 2. The van der Waals surface area contributed by atoms with Gasteiger partial charge in [0.15, 0.2) is 0 Å². The van der Waals surface area contributed by atoms with Gasteiger partial charge in [0.25, 0.3) is 0 Å². The molecule has 0 aliphatic rings. The Bertz CT molecular complexity index is 552. The summed E-state index contributed by atoms with van der Waals surface area (Å²) in [5.41, 5.74) is 0.716. The second-order valence-electron chi connectivity index (χ2n) is 4.20. The van der Waals surface area contributed by atoms with Crippen LogP contribution in [0.25, 0.3) is 0 Å². The van der Waals surface area contributed by atoms with E-state index in [2.05, 4.69) is 5.32 Å². The molecule has 0 spiro atoms. The van der Waals surface area contributed by atoms with Crippen molar-refractivity contribution in [2.75, 3.05) is 12.4 Å². The zero-order chi connectivity index (χ0) is 13.8. The Hall–Kier alpha value is -2.10. The van der Waals surface area contributed by atoms with E-state index in [0.29, 0.717) is 11.4 Å². The molecule has 2 rings (SSSR count). The standard InChI is InChI=1S/C15H15F2NO/c1-10(15-11(16)6-5-7-12(15)17)18-13-8-3-4-9-14(13)19-2/h3-10,18H,1-2H3. The maximum absolute atomic E-state index is 13.7. The van der Waals surface area contributed by atoms with Gasteiger partial charge < -0.3 is 10.1 Å². The average Bonchev–Trinajstić information content (AvgIpc) is 2.39. The lowest BCUT2D eigenvalue weighted by molar-refractivity contribution is 0.416. The second kappa shape index (κ2) is 5.69. The Labute approximate surface area is 111 Å². The normalized spacial score (nSPS) is 12.0. The Kier molecular flexibility index (Phi) is 4.00. The predicted molar refractivity (Wildman–Crippen MR) is 71.4 cm³/mol. The number of hydrogen-bond donors (Lipinski definition) is 1. The highest BCUT2D eigenvalue weighted by atomic mass is 19.1. The van der Waals surface area contributed by atoms with Crippen molar-refractivity contribution in [2.45, 2.75) is 13.0 Å². The fraction of sp³-hybridized carbons (Fsp3) is 0.200. The molecule has 0 aliphatic heterocycles. The van der Waals surface area contributed by atoms with Gasteiger partial charge in [-0.3, -0.25) is 0 Å². The van der Waals surface area contributed by atoms with Gasteiger partial charge >= 0.3 is 0 Å². The molecule has 2 nitrogen and oxygen atoms in total. The molecule has 1 unspecified atom stereocenters. The van der Waals surface area contributed by atoms with Crippen molar-refractivity contribution in [3.8, 4) is 5.75 Å². The highest BCUT2D eigenvalue weighted by Gasteiger charge is 2.16. The molecule has 1 atom stereocenters. The van der Waals surface area contributed by atoms with Gasteiger partial charge in [0.2, 0.25) is 0 Å². The molecule has 0 aromatic heterocycles. The van der Waals surface area contributed by atoms with Gasteiger partial charge in [-0.25, -0.2) is 8.78 Å². The van der Waals surface area contributed by atoms with Gasteiger partial charge in [0.1, 0.15) is 17.4 Å². The van der Waals surface area contributed by atoms with Crippen LogP contribution in [0.1, 0.15) is 18.5 Å². The summed E-state index contributed by atoms with van der Waals surface area (Å²) in [6, 6.07) is 10.6. The van der Waals surface area contributed by atoms with E-state index in [1.807, 2.05) is 12.1 Å². The minimum Gasteiger partial charge on any atom is -0.495 e. The summed E-state index contributed by atoms with van der Waals surface area (Å²) in [6.07, 6.45) is 0. The van der Waals surface area contributed by atoms with Gasteiger partial charge in [0.05, 0.1) is 18.8 Å². The highest BCUT2D eigenvalue weighted by molar-refractivity contribution is 5.57. The molecule has 2 aromatic rings. The molecule has 0 radical (unpaired) electrons. The second-order valence-corrected chi connectivity index (χ2v) is 4.20. The van der Waals surface area contributed by atoms with Gasteiger partial charge in [-0.15, -0.1) is 0 Å². The predicted octanol–water partition coefficient (Wildman–Crippen LogP) is 4.15. The topological polar surface area (TPSA) is 21.3 Å². The lowest BCUT2D eigenvalue weighted by atomic mass is 10.1. The summed E-state index contributed by atoms with van der Waals surface area (Å²) in [7, 11) is 1.55. The van der Waals surface area contributed by atoms with E-state index < -0.39 is 17.7 Å². The van der Waals surface area contributed by atoms with Gasteiger partial charge in [-0.05, 0) is 31.2 Å². The minimum atomic E-state index is -0.560. The monoisotopic (exact) mass is 263 g/mol. The van der Waals surface area contributed by atoms with E-state index in [1.54, 1.807) is 26.2 Å². The maximum Gasteiger partial charge on any atom is 0.141 e. The average molecular weight is 263 g/mol. The van der Waals surface area contributed by atoms with E-state index in [9.17, 15) is 8.78 Å². The molecule has 0 amide bonds. The van der Waals surface area contributed by atoms with Crippen molar-refractivity contribution in [1.29, 1.82) is 0 Å². The quantitative estimate of drug-likeness (QED) is 0.894. The van der Waals surface area contributed by atoms with Gasteiger partial charge in [-0.2, -0.15) is 0 Å². The molecule has 4 heteroatoms. The first-order valence-electron chi connectivity index (χ1n) is 5.97. The number of nitrogens with one attached hydrogen (secondary N) is 1. The van der Waals surface area contributed by atoms with Crippen molar-refractivity contribution < 1.29 is 13.5 Å². The molecule has 1 N–H and O–H groups in total. The third kappa shape index (κ3) is 2.84. The smallest absolute Gasteiger partial charge is 0.141 e. The van der Waals surface area contributed by atoms with Crippen molar-refractivity contribution in [3.63, 3.8) is 0 Å². The van der Waals surface area contributed by atoms with Crippen LogP contribution in [0.2, 0.25) is 0 Å². The molecule has 0 fully saturated rings. The van der Waals surface area contributed by atoms with Crippen LogP contribution in [-0.4, -0.2) is 7.11 Å². The lowest BCUT2D eigenvalue weighted by Crippen LogP contribution is -2.11. The highest BCUT2D eigenvalue weighted by Crippen LogP contribution is 2.29. The van der Waals surface area contributed by atoms with Crippen LogP contribution in [0.4, 0.5) is 14.5 Å². The van der Waals surface area contributed by atoms with Crippen molar-refractivity contribution in [2.24, 2.45) is 0 Å². The fourth-order valence-electron chi connectivity index (χ4n) is 1.99. The fourth-order valence-corrected chi connectivity index (χ4v) is 1.99. The van der Waals surface area contributed by atoms with Crippen molar-refractivity contribution >= 4 is 5.69 Å². The number of benzene rings is 2. The van der Waals surface area contributed by atoms with Crippen LogP contribution in [0, 0.1) is 11.6 Å². The molecule has 0 saturated carbocycles. The number of para-hydroxylation sites is 2. The van der Waals surface area contributed by atoms with E-state index in [-0.39, 0.29) is 5.56 Å². The van der Waals surface area contributed by atoms with E-state index >= 15 is 0 Å². The van der Waals surface area contributed by atoms with Crippen LogP contribution in [0.3, 0.4) is 0 Å². The van der Waals surface area contributed by atoms with Crippen LogP contribution in [-0.2, 0) is 0 Å². The number of halogens is 2. The summed E-state index contributed by atoms with van der Waals surface area (Å²) in [6.45, 7) is 1.70. The summed E-state index contributed by atoms with van der Waals surface area (Å²) in [4.78, 5) is 0. The summed E-state index contributed by atoms with van der Waals surface area (Å²) in [5, 5.41) is 3.05. The molecule has 0 aliphatic carbocycles. The zero-order valence-electron chi connectivity index (χ0n) is 10.8. The van der Waals surface area contributed by atoms with Crippen LogP contribution < -0.4 is 10.1 Å². The molecule has 0 saturated heterocycles. The molecular formula is C15H15F2NO. The van der Waals surface area contributed by atoms with Crippen LogP contribution >= 0.6 is 0 Å². The summed E-state index contributed by atoms with van der Waals surface area (Å²) in [5.74, 6) is -0.490. The summed E-state index contributed by atoms with van der Waals surface area (Å²) < 4.78 is 32.5. The van der Waals surface area contributed by atoms with E-state index in [0.717, 1.165) is 0 Å². The van der Waals surface area contributed by atoms with Crippen molar-refractivity contribution in [1.82, 2.24) is 0 Å². The molecule has 0 heterocycles. The molecule has 19 heavy (non-hydrogen) atoms. The van der Waals surface area contributed by atoms with Crippen LogP contribution in [0.15, 0.2) is 42.5 Å². The maximum atomic E-state index is 13.7.